The Morgan fingerprint density at radius 3 is 1.33 bits per heavy atom. The van der Waals surface area contributed by atoms with Crippen LogP contribution in [0.25, 0.3) is 0 Å². The van der Waals surface area contributed by atoms with Gasteiger partial charge in [0.25, 0.3) is 0 Å². The van der Waals surface area contributed by atoms with Gasteiger partial charge in [-0.3, -0.25) is 4.90 Å². The fourth-order valence-electron chi connectivity index (χ4n) is 2.80. The molecule has 6 heteroatoms. The summed E-state index contributed by atoms with van der Waals surface area (Å²) in [6.45, 7) is 3.92. The molecule has 0 aromatic heterocycles. The second-order valence-corrected chi connectivity index (χ2v) is 9.20. The molecule has 0 atom stereocenters. The summed E-state index contributed by atoms with van der Waals surface area (Å²) in [5.41, 5.74) is 0. The second kappa shape index (κ2) is 20.3. The van der Waals surface area contributed by atoms with Crippen molar-refractivity contribution < 1.29 is 22.7 Å². The molecule has 0 rings (SSSR count). The number of hydrogen-bond donors (Lipinski definition) is 1. The van der Waals surface area contributed by atoms with Gasteiger partial charge in [0, 0.05) is 5.75 Å². The van der Waals surface area contributed by atoms with Crippen molar-refractivity contribution in [3.05, 3.63) is 0 Å². The maximum atomic E-state index is 11.4. The van der Waals surface area contributed by atoms with Crippen molar-refractivity contribution in [2.45, 2.75) is 110 Å². The fraction of sp³-hybridized carbons (Fsp3) is 0.952. The number of carbonyl (C=O) groups is 1. The lowest BCUT2D eigenvalue weighted by molar-refractivity contribution is -0.775. The smallest absolute Gasteiger partial charge is 0.311 e. The molecule has 0 aliphatic rings. The van der Waals surface area contributed by atoms with Crippen molar-refractivity contribution in [2.75, 3.05) is 19.8 Å². The molecule has 0 heterocycles. The van der Waals surface area contributed by atoms with Crippen LogP contribution < -0.4 is 4.90 Å². The Bertz CT molecular complexity index is 422. The average Bonchev–Trinajstić information content (AvgIpc) is 2.58. The Morgan fingerprint density at radius 2 is 1.07 bits per heavy atom. The topological polar surface area (TPSA) is 78.7 Å². The second-order valence-electron chi connectivity index (χ2n) is 7.68. The number of carbonyl (C=O) groups excluding carboxylic acids is 1. The van der Waals surface area contributed by atoms with Crippen LogP contribution in [0.2, 0.25) is 0 Å². The Morgan fingerprint density at radius 1 is 0.704 bits per heavy atom. The van der Waals surface area contributed by atoms with Gasteiger partial charge in [0.05, 0.1) is 30.6 Å². The van der Waals surface area contributed by atoms with Gasteiger partial charge < -0.3 is 4.55 Å². The van der Waals surface area contributed by atoms with Gasteiger partial charge in [0.15, 0.2) is 0 Å². The van der Waals surface area contributed by atoms with Crippen molar-refractivity contribution in [3.8, 4) is 0 Å². The van der Waals surface area contributed by atoms with Gasteiger partial charge in [-0.15, -0.1) is 0 Å². The number of unbranched alkanes of at least 4 members (excludes halogenated alkanes) is 12. The van der Waals surface area contributed by atoms with Crippen LogP contribution in [0.15, 0.2) is 0 Å². The molecule has 0 aliphatic heterocycles. The van der Waals surface area contributed by atoms with Crippen molar-refractivity contribution in [2.24, 2.45) is 0 Å². The standard InChI is InChI=1S/C18H37NO.C3H8O3S/c1-4-5-6-7-8-9-10-11-12-13-14-15-16-17-18(20)19(2)3;1-2-3-7(4,5)6/h4-17H2,1-3H3;2-3H2,1H3,(H,4,5,6). The molecule has 0 aromatic carbocycles. The first-order valence-electron chi connectivity index (χ1n) is 11.0. The zero-order valence-corrected chi connectivity index (χ0v) is 19.2. The lowest BCUT2D eigenvalue weighted by Crippen LogP contribution is -3.08. The predicted molar refractivity (Wildman–Crippen MR) is 113 cm³/mol. The van der Waals surface area contributed by atoms with Crippen molar-refractivity contribution >= 4 is 16.0 Å². The van der Waals surface area contributed by atoms with Crippen molar-refractivity contribution in [1.29, 1.82) is 0 Å². The van der Waals surface area contributed by atoms with Gasteiger partial charge >= 0.3 is 5.91 Å². The van der Waals surface area contributed by atoms with E-state index in [1.165, 1.54) is 77.0 Å². The zero-order chi connectivity index (χ0) is 21.0. The van der Waals surface area contributed by atoms with Gasteiger partial charge in [-0.25, -0.2) is 13.2 Å². The van der Waals surface area contributed by atoms with Crippen LogP contribution in [0.3, 0.4) is 0 Å². The minimum atomic E-state index is -3.92. The van der Waals surface area contributed by atoms with Crippen LogP contribution in [0.5, 0.6) is 0 Å². The van der Waals surface area contributed by atoms with Gasteiger partial charge in [0.1, 0.15) is 0 Å². The molecule has 0 spiro atoms. The van der Waals surface area contributed by atoms with Gasteiger partial charge in [-0.05, 0) is 12.8 Å². The summed E-state index contributed by atoms with van der Waals surface area (Å²) in [6, 6.07) is 0. The van der Waals surface area contributed by atoms with E-state index in [1.807, 2.05) is 14.1 Å². The highest BCUT2D eigenvalue weighted by molar-refractivity contribution is 7.85. The monoisotopic (exact) mass is 407 g/mol. The number of nitrogens with one attached hydrogen (secondary N) is 1. The molecule has 0 bridgehead atoms. The quantitative estimate of drug-likeness (QED) is 0.309. The Kier molecular flexibility index (Phi) is 21.6. The highest BCUT2D eigenvalue weighted by atomic mass is 32.2. The first-order valence-corrected chi connectivity index (χ1v) is 12.6. The molecule has 0 radical (unpaired) electrons. The summed E-state index contributed by atoms with van der Waals surface area (Å²) in [5.74, 6) is 0.112. The lowest BCUT2D eigenvalue weighted by Gasteiger charge is -2.04. The number of quaternary nitrogens is 1. The summed E-state index contributed by atoms with van der Waals surface area (Å²) < 4.78 is 29.0. The molecule has 0 aromatic rings. The molecule has 27 heavy (non-hydrogen) atoms. The maximum absolute atomic E-state index is 11.4. The molecule has 0 fully saturated rings. The van der Waals surface area contributed by atoms with E-state index in [-0.39, 0.29) is 5.75 Å². The maximum Gasteiger partial charge on any atom is 0.311 e. The van der Waals surface area contributed by atoms with E-state index in [1.54, 1.807) is 6.92 Å². The summed E-state index contributed by atoms with van der Waals surface area (Å²) >= 11 is 0. The van der Waals surface area contributed by atoms with Gasteiger partial charge in [0.2, 0.25) is 0 Å². The van der Waals surface area contributed by atoms with E-state index in [0.717, 1.165) is 17.7 Å². The van der Waals surface area contributed by atoms with Crippen molar-refractivity contribution in [1.82, 2.24) is 0 Å². The summed E-state index contributed by atoms with van der Waals surface area (Å²) in [4.78, 5) is 12.4. The van der Waals surface area contributed by atoms with Crippen LogP contribution in [0.1, 0.15) is 110 Å². The molecule has 1 N–H and O–H groups in total. The van der Waals surface area contributed by atoms with Crippen LogP contribution >= 0.6 is 0 Å². The van der Waals surface area contributed by atoms with E-state index < -0.39 is 10.1 Å². The van der Waals surface area contributed by atoms with Crippen LogP contribution in [0.4, 0.5) is 0 Å². The third kappa shape index (κ3) is 27.9. The SMILES string of the molecule is CCCCCCCCCCCCCCCC(=O)[NH+](C)C.CCCS(=O)(=O)[O-]. The van der Waals surface area contributed by atoms with Gasteiger partial charge in [-0.2, -0.15) is 0 Å². The van der Waals surface area contributed by atoms with Gasteiger partial charge in [-0.1, -0.05) is 90.9 Å². The molecule has 0 saturated carbocycles. The average molecular weight is 408 g/mol. The summed E-state index contributed by atoms with van der Waals surface area (Å²) in [7, 11) is -0.0818. The summed E-state index contributed by atoms with van der Waals surface area (Å²) in [5, 5.41) is 0. The van der Waals surface area contributed by atoms with E-state index in [2.05, 4.69) is 6.92 Å². The van der Waals surface area contributed by atoms with Crippen molar-refractivity contribution in [3.63, 3.8) is 0 Å². The first kappa shape index (κ1) is 28.7. The normalized spacial score (nSPS) is 11.3. The van der Waals surface area contributed by atoms with E-state index in [0.29, 0.717) is 12.3 Å². The van der Waals surface area contributed by atoms with E-state index >= 15 is 0 Å². The third-order valence-electron chi connectivity index (χ3n) is 4.52. The molecule has 5 nitrogen and oxygen atoms in total. The largest absolute Gasteiger partial charge is 0.748 e. The van der Waals surface area contributed by atoms with E-state index in [9.17, 15) is 17.8 Å². The van der Waals surface area contributed by atoms with Crippen LogP contribution in [-0.4, -0.2) is 38.7 Å². The molecule has 0 saturated heterocycles. The highest BCUT2D eigenvalue weighted by Gasteiger charge is 2.07. The fourth-order valence-corrected chi connectivity index (χ4v) is 3.30. The molecule has 0 aliphatic carbocycles. The number of rotatable bonds is 16. The number of hydrogen-bond acceptors (Lipinski definition) is 4. The Balaban J connectivity index is 0. The lowest BCUT2D eigenvalue weighted by atomic mass is 10.0. The van der Waals surface area contributed by atoms with E-state index in [4.69, 9.17) is 0 Å². The molecular weight excluding hydrogens is 362 g/mol. The first-order chi connectivity index (χ1) is 12.7. The molecule has 1 amide bonds. The summed E-state index contributed by atoms with van der Waals surface area (Å²) in [6.07, 6.45) is 18.9. The molecule has 0 unspecified atom stereocenters. The predicted octanol–water partition coefficient (Wildman–Crippen LogP) is 4.08. The minimum Gasteiger partial charge on any atom is -0.748 e. The van der Waals surface area contributed by atoms with Crippen LogP contribution in [0, 0.1) is 0 Å². The van der Waals surface area contributed by atoms with Crippen LogP contribution in [-0.2, 0) is 14.9 Å². The third-order valence-corrected chi connectivity index (χ3v) is 5.43. The molecular formula is C21H45NO4S. The molecule has 164 valence electrons. The Labute approximate surface area is 169 Å². The minimum absolute atomic E-state index is 0.243. The number of amides is 1. The highest BCUT2D eigenvalue weighted by Crippen LogP contribution is 2.12. The Hall–Kier alpha value is -0.460. The zero-order valence-electron chi connectivity index (χ0n) is 18.4.